The van der Waals surface area contributed by atoms with Gasteiger partial charge in [-0.15, -0.1) is 0 Å². The van der Waals surface area contributed by atoms with Gasteiger partial charge in [0.1, 0.15) is 0 Å². The molecule has 0 unspecified atom stereocenters. The zero-order valence-corrected chi connectivity index (χ0v) is 11.0. The highest BCUT2D eigenvalue weighted by atomic mass is 16.1. The molecule has 0 aromatic carbocycles. The minimum Gasteiger partial charge on any atom is -0.348 e. The number of nitrogens with one attached hydrogen (secondary N) is 2. The summed E-state index contributed by atoms with van der Waals surface area (Å²) in [7, 11) is 1.83. The molecule has 96 valence electrons. The van der Waals surface area contributed by atoms with Crippen molar-refractivity contribution >= 4 is 5.91 Å². The molecule has 0 aliphatic carbocycles. The van der Waals surface area contributed by atoms with Crippen LogP contribution in [0.2, 0.25) is 0 Å². The molecule has 2 aromatic rings. The molecule has 2 N–H and O–H groups in total. The SMILES string of the molecule is Cc1nn(C)c(C)c1C(=O)NCc1cn[nH]c1C. The first kappa shape index (κ1) is 12.3. The predicted octanol–water partition coefficient (Wildman–Crippen LogP) is 0.998. The summed E-state index contributed by atoms with van der Waals surface area (Å²) in [5.74, 6) is -0.0984. The first-order valence-electron chi connectivity index (χ1n) is 5.78. The van der Waals surface area contributed by atoms with Gasteiger partial charge in [-0.05, 0) is 20.8 Å². The van der Waals surface area contributed by atoms with Crippen LogP contribution >= 0.6 is 0 Å². The van der Waals surface area contributed by atoms with Crippen LogP contribution in [0.4, 0.5) is 0 Å². The fraction of sp³-hybridized carbons (Fsp3) is 0.417. The second kappa shape index (κ2) is 4.64. The third kappa shape index (κ3) is 2.13. The molecule has 0 fully saturated rings. The monoisotopic (exact) mass is 247 g/mol. The minimum atomic E-state index is -0.0984. The molecule has 0 saturated heterocycles. The van der Waals surface area contributed by atoms with E-state index >= 15 is 0 Å². The Hall–Kier alpha value is -2.11. The van der Waals surface area contributed by atoms with Crippen LogP contribution in [-0.2, 0) is 13.6 Å². The van der Waals surface area contributed by atoms with Gasteiger partial charge >= 0.3 is 0 Å². The molecule has 0 spiro atoms. The van der Waals surface area contributed by atoms with Gasteiger partial charge in [0.25, 0.3) is 5.91 Å². The number of aromatic amines is 1. The molecule has 18 heavy (non-hydrogen) atoms. The highest BCUT2D eigenvalue weighted by Crippen LogP contribution is 2.12. The first-order chi connectivity index (χ1) is 8.50. The van der Waals surface area contributed by atoms with E-state index in [1.165, 1.54) is 0 Å². The van der Waals surface area contributed by atoms with E-state index in [4.69, 9.17) is 0 Å². The topological polar surface area (TPSA) is 75.6 Å². The number of aromatic nitrogens is 4. The lowest BCUT2D eigenvalue weighted by molar-refractivity contribution is 0.0949. The van der Waals surface area contributed by atoms with Crippen molar-refractivity contribution in [2.45, 2.75) is 27.3 Å². The zero-order chi connectivity index (χ0) is 13.3. The van der Waals surface area contributed by atoms with Crippen molar-refractivity contribution in [2.75, 3.05) is 0 Å². The summed E-state index contributed by atoms with van der Waals surface area (Å²) in [6.07, 6.45) is 1.72. The minimum absolute atomic E-state index is 0.0984. The highest BCUT2D eigenvalue weighted by Gasteiger charge is 2.17. The van der Waals surface area contributed by atoms with E-state index < -0.39 is 0 Å². The Morgan fingerprint density at radius 1 is 1.44 bits per heavy atom. The third-order valence-corrected chi connectivity index (χ3v) is 3.11. The van der Waals surface area contributed by atoms with Crippen molar-refractivity contribution in [3.05, 3.63) is 34.4 Å². The van der Waals surface area contributed by atoms with E-state index in [9.17, 15) is 4.79 Å². The lowest BCUT2D eigenvalue weighted by atomic mass is 10.2. The Labute approximate surface area is 105 Å². The van der Waals surface area contributed by atoms with Gasteiger partial charge < -0.3 is 5.32 Å². The standard InChI is InChI=1S/C12H17N5O/c1-7-10(6-14-15-7)5-13-12(18)11-8(2)16-17(4)9(11)3/h6H,5H2,1-4H3,(H,13,18)(H,14,15). The lowest BCUT2D eigenvalue weighted by Crippen LogP contribution is -2.24. The Bertz CT molecular complexity index is 581. The molecule has 6 nitrogen and oxygen atoms in total. The van der Waals surface area contributed by atoms with Crippen LogP contribution < -0.4 is 5.32 Å². The van der Waals surface area contributed by atoms with Crippen LogP contribution in [0, 0.1) is 20.8 Å². The summed E-state index contributed by atoms with van der Waals surface area (Å²) in [5, 5.41) is 13.9. The quantitative estimate of drug-likeness (QED) is 0.849. The van der Waals surface area contributed by atoms with Gasteiger partial charge in [0.15, 0.2) is 0 Å². The molecule has 2 rings (SSSR count). The van der Waals surface area contributed by atoms with Gasteiger partial charge in [0.2, 0.25) is 0 Å². The molecule has 2 aromatic heterocycles. The van der Waals surface area contributed by atoms with E-state index in [0.29, 0.717) is 12.1 Å². The van der Waals surface area contributed by atoms with Crippen molar-refractivity contribution in [1.29, 1.82) is 0 Å². The van der Waals surface area contributed by atoms with E-state index in [0.717, 1.165) is 22.6 Å². The molecule has 6 heteroatoms. The summed E-state index contributed by atoms with van der Waals surface area (Å²) < 4.78 is 1.72. The summed E-state index contributed by atoms with van der Waals surface area (Å²) >= 11 is 0. The van der Waals surface area contributed by atoms with Gasteiger partial charge in [0, 0.05) is 30.5 Å². The van der Waals surface area contributed by atoms with Crippen molar-refractivity contribution in [1.82, 2.24) is 25.3 Å². The molecule has 0 radical (unpaired) electrons. The van der Waals surface area contributed by atoms with Gasteiger partial charge in [-0.1, -0.05) is 0 Å². The van der Waals surface area contributed by atoms with Crippen molar-refractivity contribution in [3.63, 3.8) is 0 Å². The molecule has 0 atom stereocenters. The van der Waals surface area contributed by atoms with Crippen LogP contribution in [0.25, 0.3) is 0 Å². The average Bonchev–Trinajstić information content (AvgIpc) is 2.81. The normalized spacial score (nSPS) is 10.7. The van der Waals surface area contributed by atoms with Crippen LogP contribution in [0.1, 0.15) is 33.0 Å². The van der Waals surface area contributed by atoms with Gasteiger partial charge in [0.05, 0.1) is 17.5 Å². The van der Waals surface area contributed by atoms with E-state index in [1.807, 2.05) is 27.8 Å². The molecule has 0 aliphatic rings. The lowest BCUT2D eigenvalue weighted by Gasteiger charge is -2.04. The summed E-state index contributed by atoms with van der Waals surface area (Å²) in [5.41, 5.74) is 4.22. The second-order valence-electron chi connectivity index (χ2n) is 4.37. The van der Waals surface area contributed by atoms with Crippen molar-refractivity contribution < 1.29 is 4.79 Å². The maximum atomic E-state index is 12.1. The van der Waals surface area contributed by atoms with Crippen molar-refractivity contribution in [2.24, 2.45) is 7.05 Å². The largest absolute Gasteiger partial charge is 0.348 e. The van der Waals surface area contributed by atoms with E-state index in [1.54, 1.807) is 10.9 Å². The molecule has 0 saturated carbocycles. The van der Waals surface area contributed by atoms with Gasteiger partial charge in [-0.2, -0.15) is 10.2 Å². The molecule has 1 amide bonds. The number of carbonyl (C=O) groups excluding carboxylic acids is 1. The van der Waals surface area contributed by atoms with Crippen LogP contribution in [0.5, 0.6) is 0 Å². The van der Waals surface area contributed by atoms with Crippen molar-refractivity contribution in [3.8, 4) is 0 Å². The summed E-state index contributed by atoms with van der Waals surface area (Å²) in [6, 6.07) is 0. The average molecular weight is 247 g/mol. The number of carbonyl (C=O) groups is 1. The number of amides is 1. The maximum Gasteiger partial charge on any atom is 0.255 e. The molecule has 2 heterocycles. The van der Waals surface area contributed by atoms with Crippen LogP contribution in [-0.4, -0.2) is 25.9 Å². The number of nitrogens with zero attached hydrogens (tertiary/aromatic N) is 3. The maximum absolute atomic E-state index is 12.1. The Balaban J connectivity index is 2.11. The number of H-pyrrole nitrogens is 1. The third-order valence-electron chi connectivity index (χ3n) is 3.11. The summed E-state index contributed by atoms with van der Waals surface area (Å²) in [4.78, 5) is 12.1. The van der Waals surface area contributed by atoms with Crippen LogP contribution in [0.15, 0.2) is 6.20 Å². The Kier molecular flexibility index (Phi) is 3.18. The van der Waals surface area contributed by atoms with Crippen LogP contribution in [0.3, 0.4) is 0 Å². The smallest absolute Gasteiger partial charge is 0.255 e. The Morgan fingerprint density at radius 2 is 2.17 bits per heavy atom. The van der Waals surface area contributed by atoms with E-state index in [-0.39, 0.29) is 5.91 Å². The first-order valence-corrected chi connectivity index (χ1v) is 5.78. The molecular formula is C12H17N5O. The highest BCUT2D eigenvalue weighted by molar-refractivity contribution is 5.96. The number of hydrogen-bond donors (Lipinski definition) is 2. The zero-order valence-electron chi connectivity index (χ0n) is 11.0. The number of aryl methyl sites for hydroxylation is 3. The molecule has 0 aliphatic heterocycles. The van der Waals surface area contributed by atoms with Gasteiger partial charge in [-0.3, -0.25) is 14.6 Å². The number of hydrogen-bond acceptors (Lipinski definition) is 3. The predicted molar refractivity (Wildman–Crippen MR) is 67.2 cm³/mol. The molecule has 0 bridgehead atoms. The Morgan fingerprint density at radius 3 is 2.67 bits per heavy atom. The number of rotatable bonds is 3. The second-order valence-corrected chi connectivity index (χ2v) is 4.37. The fourth-order valence-corrected chi connectivity index (χ4v) is 1.92. The van der Waals surface area contributed by atoms with Gasteiger partial charge in [-0.25, -0.2) is 0 Å². The summed E-state index contributed by atoms with van der Waals surface area (Å²) in [6.45, 7) is 6.12. The van der Waals surface area contributed by atoms with E-state index in [2.05, 4.69) is 20.6 Å². The molecular weight excluding hydrogens is 230 g/mol. The fourth-order valence-electron chi connectivity index (χ4n) is 1.92.